The van der Waals surface area contributed by atoms with E-state index in [9.17, 15) is 9.59 Å². The van der Waals surface area contributed by atoms with E-state index < -0.39 is 0 Å². The van der Waals surface area contributed by atoms with Gasteiger partial charge in [-0.2, -0.15) is 0 Å². The molecule has 1 aliphatic heterocycles. The largest absolute Gasteiger partial charge is 0.345 e. The maximum atomic E-state index is 12.1. The summed E-state index contributed by atoms with van der Waals surface area (Å²) in [5.74, 6) is -0.105. The monoisotopic (exact) mass is 292 g/mol. The van der Waals surface area contributed by atoms with Crippen molar-refractivity contribution in [3.8, 4) is 0 Å². The predicted molar refractivity (Wildman–Crippen MR) is 75.3 cm³/mol. The lowest BCUT2D eigenvalue weighted by molar-refractivity contribution is -0.146. The first-order valence-electron chi connectivity index (χ1n) is 6.67. The number of imidazole rings is 1. The molecule has 2 aromatic rings. The Morgan fingerprint density at radius 1 is 1.50 bits per heavy atom. The molecule has 1 atom stereocenters. The Kier molecular flexibility index (Phi) is 3.43. The van der Waals surface area contributed by atoms with Gasteiger partial charge in [-0.05, 0) is 6.42 Å². The van der Waals surface area contributed by atoms with Gasteiger partial charge < -0.3 is 10.2 Å². The second kappa shape index (κ2) is 5.24. The highest BCUT2D eigenvalue weighted by Crippen LogP contribution is 2.17. The van der Waals surface area contributed by atoms with Crippen LogP contribution in [0.25, 0.3) is 4.96 Å². The first-order valence-corrected chi connectivity index (χ1v) is 7.55. The van der Waals surface area contributed by atoms with Crippen LogP contribution in [0.15, 0.2) is 17.8 Å². The van der Waals surface area contributed by atoms with E-state index in [2.05, 4.69) is 10.3 Å². The van der Waals surface area contributed by atoms with Gasteiger partial charge in [0, 0.05) is 17.8 Å². The summed E-state index contributed by atoms with van der Waals surface area (Å²) >= 11 is 1.55. The molecule has 6 nitrogen and oxygen atoms in total. The minimum atomic E-state index is -0.374. The molecule has 2 amide bonds. The fraction of sp³-hybridized carbons (Fsp3) is 0.462. The van der Waals surface area contributed by atoms with Crippen molar-refractivity contribution in [2.24, 2.45) is 0 Å². The average molecular weight is 292 g/mol. The van der Waals surface area contributed by atoms with Crippen molar-refractivity contribution in [3.05, 3.63) is 23.5 Å². The Hall–Kier alpha value is -1.89. The zero-order valence-corrected chi connectivity index (χ0v) is 12.0. The van der Waals surface area contributed by atoms with E-state index in [4.69, 9.17) is 0 Å². The van der Waals surface area contributed by atoms with Crippen LogP contribution in [-0.4, -0.2) is 38.7 Å². The fourth-order valence-corrected chi connectivity index (χ4v) is 3.20. The summed E-state index contributed by atoms with van der Waals surface area (Å²) in [4.78, 5) is 31.0. The highest BCUT2D eigenvalue weighted by molar-refractivity contribution is 7.15. The number of nitrogens with one attached hydrogen (secondary N) is 1. The summed E-state index contributed by atoms with van der Waals surface area (Å²) in [6, 6.07) is -0.374. The Morgan fingerprint density at radius 3 is 3.10 bits per heavy atom. The smallest absolute Gasteiger partial charge is 0.243 e. The summed E-state index contributed by atoms with van der Waals surface area (Å²) in [6.07, 6.45) is 5.39. The van der Waals surface area contributed by atoms with Crippen molar-refractivity contribution in [2.45, 2.75) is 32.4 Å². The Balaban J connectivity index is 1.83. The highest BCUT2D eigenvalue weighted by Gasteiger charge is 2.33. The SMILES string of the molecule is CCCC1C(=O)NCC(=O)N1Cc1cn2ccsc2n1. The second-order valence-electron chi connectivity index (χ2n) is 4.87. The molecule has 1 N–H and O–H groups in total. The predicted octanol–water partition coefficient (Wildman–Crippen LogP) is 1.02. The normalized spacial score (nSPS) is 19.6. The number of thiazole rings is 1. The van der Waals surface area contributed by atoms with Crippen molar-refractivity contribution in [1.29, 1.82) is 0 Å². The van der Waals surface area contributed by atoms with Gasteiger partial charge in [-0.1, -0.05) is 13.3 Å². The maximum Gasteiger partial charge on any atom is 0.243 e. The van der Waals surface area contributed by atoms with Gasteiger partial charge in [-0.3, -0.25) is 14.0 Å². The number of piperazine rings is 1. The number of aromatic nitrogens is 2. The van der Waals surface area contributed by atoms with Crippen molar-refractivity contribution < 1.29 is 9.59 Å². The lowest BCUT2D eigenvalue weighted by Gasteiger charge is -2.34. The van der Waals surface area contributed by atoms with Crippen LogP contribution in [0.3, 0.4) is 0 Å². The van der Waals surface area contributed by atoms with Gasteiger partial charge in [0.1, 0.15) is 6.04 Å². The number of rotatable bonds is 4. The van der Waals surface area contributed by atoms with Crippen LogP contribution in [0.4, 0.5) is 0 Å². The zero-order valence-electron chi connectivity index (χ0n) is 11.2. The molecule has 20 heavy (non-hydrogen) atoms. The van der Waals surface area contributed by atoms with Crippen LogP contribution in [0, 0.1) is 0 Å². The molecule has 0 aliphatic carbocycles. The van der Waals surface area contributed by atoms with Crippen LogP contribution in [0.5, 0.6) is 0 Å². The molecule has 0 bridgehead atoms. The minimum Gasteiger partial charge on any atom is -0.345 e. The quantitative estimate of drug-likeness (QED) is 0.915. The van der Waals surface area contributed by atoms with Gasteiger partial charge in [0.15, 0.2) is 4.96 Å². The Morgan fingerprint density at radius 2 is 2.35 bits per heavy atom. The highest BCUT2D eigenvalue weighted by atomic mass is 32.1. The van der Waals surface area contributed by atoms with Crippen LogP contribution in [0.2, 0.25) is 0 Å². The molecular formula is C13H16N4O2S. The Labute approximate surface area is 120 Å². The number of amides is 2. The third-order valence-corrected chi connectivity index (χ3v) is 4.22. The number of hydrogen-bond donors (Lipinski definition) is 1. The van der Waals surface area contributed by atoms with Gasteiger partial charge in [0.25, 0.3) is 0 Å². The molecule has 1 fully saturated rings. The van der Waals surface area contributed by atoms with Crippen molar-refractivity contribution in [1.82, 2.24) is 19.6 Å². The first kappa shape index (κ1) is 13.1. The Bertz CT molecular complexity index is 619. The fourth-order valence-electron chi connectivity index (χ4n) is 2.48. The van der Waals surface area contributed by atoms with Gasteiger partial charge >= 0.3 is 0 Å². The minimum absolute atomic E-state index is 0.0422. The lowest BCUT2D eigenvalue weighted by Crippen LogP contribution is -2.57. The molecule has 3 rings (SSSR count). The molecule has 0 radical (unpaired) electrons. The zero-order chi connectivity index (χ0) is 14.1. The second-order valence-corrected chi connectivity index (χ2v) is 5.74. The molecule has 7 heteroatoms. The molecular weight excluding hydrogens is 276 g/mol. The van der Waals surface area contributed by atoms with Gasteiger partial charge in [-0.25, -0.2) is 4.98 Å². The summed E-state index contributed by atoms with van der Waals surface area (Å²) in [5, 5.41) is 4.61. The van der Waals surface area contributed by atoms with Crippen LogP contribution < -0.4 is 5.32 Å². The maximum absolute atomic E-state index is 12.1. The molecule has 1 aliphatic rings. The molecule has 106 valence electrons. The molecule has 0 spiro atoms. The number of nitrogens with zero attached hydrogens (tertiary/aromatic N) is 3. The van der Waals surface area contributed by atoms with E-state index in [-0.39, 0.29) is 24.4 Å². The summed E-state index contributed by atoms with van der Waals surface area (Å²) < 4.78 is 1.93. The molecule has 1 saturated heterocycles. The molecule has 0 aromatic carbocycles. The van der Waals surface area contributed by atoms with Gasteiger partial charge in [-0.15, -0.1) is 11.3 Å². The van der Waals surface area contributed by atoms with Gasteiger partial charge in [0.2, 0.25) is 11.8 Å². The van der Waals surface area contributed by atoms with E-state index in [0.29, 0.717) is 13.0 Å². The summed E-state index contributed by atoms with van der Waals surface area (Å²) in [6.45, 7) is 2.49. The third-order valence-electron chi connectivity index (χ3n) is 3.45. The standard InChI is InChI=1S/C13H16N4O2S/c1-2-3-10-12(19)14-6-11(18)17(10)8-9-7-16-4-5-20-13(16)15-9/h4-5,7,10H,2-3,6,8H2,1H3,(H,14,19). The third kappa shape index (κ3) is 2.29. The van der Waals surface area contributed by atoms with Crippen molar-refractivity contribution in [2.75, 3.05) is 6.54 Å². The first-order chi connectivity index (χ1) is 9.69. The number of fused-ring (bicyclic) bond motifs is 1. The van der Waals surface area contributed by atoms with Crippen molar-refractivity contribution >= 4 is 28.1 Å². The number of carbonyl (C=O) groups excluding carboxylic acids is 2. The van der Waals surface area contributed by atoms with Crippen LogP contribution in [-0.2, 0) is 16.1 Å². The lowest BCUT2D eigenvalue weighted by atomic mass is 10.1. The molecule has 1 unspecified atom stereocenters. The van der Waals surface area contributed by atoms with E-state index in [1.807, 2.05) is 29.1 Å². The topological polar surface area (TPSA) is 66.7 Å². The average Bonchev–Trinajstić information content (AvgIpc) is 2.99. The van der Waals surface area contributed by atoms with E-state index in [0.717, 1.165) is 17.1 Å². The summed E-state index contributed by atoms with van der Waals surface area (Å²) in [5.41, 5.74) is 0.820. The molecule has 3 heterocycles. The van der Waals surface area contributed by atoms with Crippen LogP contribution in [0.1, 0.15) is 25.5 Å². The van der Waals surface area contributed by atoms with E-state index in [1.54, 1.807) is 16.2 Å². The van der Waals surface area contributed by atoms with E-state index >= 15 is 0 Å². The van der Waals surface area contributed by atoms with Gasteiger partial charge in [0.05, 0.1) is 18.8 Å². The van der Waals surface area contributed by atoms with Crippen molar-refractivity contribution in [3.63, 3.8) is 0 Å². The number of hydrogen-bond acceptors (Lipinski definition) is 4. The van der Waals surface area contributed by atoms with Crippen LogP contribution >= 0.6 is 11.3 Å². The molecule has 0 saturated carbocycles. The number of carbonyl (C=O) groups is 2. The molecule has 2 aromatic heterocycles. The van der Waals surface area contributed by atoms with E-state index in [1.165, 1.54) is 0 Å². The summed E-state index contributed by atoms with van der Waals surface area (Å²) in [7, 11) is 0.